The Bertz CT molecular complexity index is 1150. The molecular weight excluding hydrogens is 398 g/mol. The molecule has 1 N–H and O–H groups in total. The van der Waals surface area contributed by atoms with Crippen molar-refractivity contribution in [3.8, 4) is 0 Å². The molecular formula is C21H25N7O3. The first-order chi connectivity index (χ1) is 15.0. The molecule has 10 heteroatoms. The van der Waals surface area contributed by atoms with Crippen molar-refractivity contribution in [3.05, 3.63) is 47.3 Å². The third-order valence-corrected chi connectivity index (χ3v) is 5.98. The molecule has 0 saturated carbocycles. The Kier molecular flexibility index (Phi) is 4.93. The molecule has 162 valence electrons. The van der Waals surface area contributed by atoms with Crippen LogP contribution in [0.1, 0.15) is 51.6 Å². The summed E-state index contributed by atoms with van der Waals surface area (Å²) in [5, 5.41) is 14.4. The van der Waals surface area contributed by atoms with Crippen LogP contribution in [0.4, 0.5) is 0 Å². The molecule has 3 aromatic rings. The van der Waals surface area contributed by atoms with E-state index >= 15 is 0 Å². The minimum Gasteiger partial charge on any atom is -0.391 e. The van der Waals surface area contributed by atoms with E-state index in [9.17, 15) is 14.7 Å². The number of fused-ring (bicyclic) bond motifs is 2. The third-order valence-electron chi connectivity index (χ3n) is 5.98. The van der Waals surface area contributed by atoms with Gasteiger partial charge in [0.05, 0.1) is 24.0 Å². The summed E-state index contributed by atoms with van der Waals surface area (Å²) in [7, 11) is 0. The van der Waals surface area contributed by atoms with Crippen LogP contribution in [0, 0.1) is 6.92 Å². The van der Waals surface area contributed by atoms with Crippen LogP contribution < -0.4 is 0 Å². The van der Waals surface area contributed by atoms with Crippen molar-refractivity contribution in [2.24, 2.45) is 0 Å². The van der Waals surface area contributed by atoms with Gasteiger partial charge in [-0.05, 0) is 38.3 Å². The van der Waals surface area contributed by atoms with E-state index in [1.54, 1.807) is 38.7 Å². The summed E-state index contributed by atoms with van der Waals surface area (Å²) < 4.78 is 3.54. The van der Waals surface area contributed by atoms with E-state index < -0.39 is 6.10 Å². The Hall–Kier alpha value is -3.27. The van der Waals surface area contributed by atoms with Gasteiger partial charge in [0.1, 0.15) is 5.69 Å². The predicted octanol–water partition coefficient (Wildman–Crippen LogP) is 0.877. The van der Waals surface area contributed by atoms with Gasteiger partial charge in [0, 0.05) is 38.6 Å². The molecule has 3 aromatic heterocycles. The van der Waals surface area contributed by atoms with Crippen LogP contribution in [-0.4, -0.2) is 76.6 Å². The number of carbonyl (C=O) groups is 2. The lowest BCUT2D eigenvalue weighted by atomic mass is 10.1. The van der Waals surface area contributed by atoms with Crippen LogP contribution >= 0.6 is 0 Å². The van der Waals surface area contributed by atoms with Crippen LogP contribution in [0.15, 0.2) is 24.5 Å². The summed E-state index contributed by atoms with van der Waals surface area (Å²) in [6.45, 7) is 4.39. The van der Waals surface area contributed by atoms with Gasteiger partial charge < -0.3 is 14.9 Å². The molecule has 0 aliphatic carbocycles. The lowest BCUT2D eigenvalue weighted by Gasteiger charge is -2.29. The third kappa shape index (κ3) is 3.56. The van der Waals surface area contributed by atoms with Crippen LogP contribution in [-0.2, 0) is 13.1 Å². The van der Waals surface area contributed by atoms with E-state index in [0.29, 0.717) is 55.6 Å². The number of piperidine rings is 1. The molecule has 10 nitrogen and oxygen atoms in total. The summed E-state index contributed by atoms with van der Waals surface area (Å²) in [5.41, 5.74) is 2.35. The van der Waals surface area contributed by atoms with Gasteiger partial charge >= 0.3 is 0 Å². The monoisotopic (exact) mass is 423 g/mol. The maximum absolute atomic E-state index is 13.4. The van der Waals surface area contributed by atoms with Crippen molar-refractivity contribution in [2.75, 3.05) is 19.6 Å². The minimum absolute atomic E-state index is 0.111. The van der Waals surface area contributed by atoms with Crippen LogP contribution in [0.2, 0.25) is 0 Å². The molecule has 0 bridgehead atoms. The molecule has 5 rings (SSSR count). The Balaban J connectivity index is 1.39. The van der Waals surface area contributed by atoms with Crippen molar-refractivity contribution >= 4 is 17.6 Å². The van der Waals surface area contributed by atoms with Gasteiger partial charge in [-0.2, -0.15) is 5.10 Å². The standard InChI is InChI=1S/C21H25N7O3/c1-14-18(27-9-3-6-22-21(27)23-14)20(31)25-8-4-10-28-15(12-25)11-17(24-28)19(30)26-7-2-5-16(29)13-26/h3,6,9,11,16,29H,2,4-5,7-8,10,12-13H2,1H3. The summed E-state index contributed by atoms with van der Waals surface area (Å²) >= 11 is 0. The second-order valence-corrected chi connectivity index (χ2v) is 8.21. The average Bonchev–Trinajstić information content (AvgIpc) is 3.25. The Labute approximate surface area is 179 Å². The van der Waals surface area contributed by atoms with E-state index in [1.807, 2.05) is 11.6 Å². The highest BCUT2D eigenvalue weighted by Crippen LogP contribution is 2.20. The fourth-order valence-electron chi connectivity index (χ4n) is 4.45. The Morgan fingerprint density at radius 3 is 2.81 bits per heavy atom. The summed E-state index contributed by atoms with van der Waals surface area (Å²) in [6, 6.07) is 3.55. The zero-order valence-corrected chi connectivity index (χ0v) is 17.4. The van der Waals surface area contributed by atoms with E-state index in [-0.39, 0.29) is 11.8 Å². The largest absolute Gasteiger partial charge is 0.391 e. The molecule has 2 aliphatic heterocycles. The zero-order chi connectivity index (χ0) is 21.5. The molecule has 1 fully saturated rings. The molecule has 0 spiro atoms. The van der Waals surface area contributed by atoms with Gasteiger partial charge in [-0.1, -0.05) is 0 Å². The summed E-state index contributed by atoms with van der Waals surface area (Å²) in [5.74, 6) is 0.223. The first kappa shape index (κ1) is 19.7. The molecule has 1 atom stereocenters. The maximum Gasteiger partial charge on any atom is 0.274 e. The number of carbonyl (C=O) groups excluding carboxylic acids is 2. The van der Waals surface area contributed by atoms with E-state index in [1.165, 1.54) is 0 Å². The van der Waals surface area contributed by atoms with Crippen molar-refractivity contribution < 1.29 is 14.7 Å². The molecule has 2 aliphatic rings. The Morgan fingerprint density at radius 2 is 1.97 bits per heavy atom. The van der Waals surface area contributed by atoms with Gasteiger partial charge in [0.25, 0.3) is 11.8 Å². The molecule has 31 heavy (non-hydrogen) atoms. The van der Waals surface area contributed by atoms with Crippen molar-refractivity contribution in [1.29, 1.82) is 0 Å². The Morgan fingerprint density at radius 1 is 1.13 bits per heavy atom. The normalized spacial score (nSPS) is 19.4. The van der Waals surface area contributed by atoms with Crippen molar-refractivity contribution in [2.45, 2.75) is 45.4 Å². The second kappa shape index (κ2) is 7.77. The number of imidazole rings is 1. The number of aliphatic hydroxyl groups is 1. The van der Waals surface area contributed by atoms with Gasteiger partial charge in [-0.25, -0.2) is 9.97 Å². The van der Waals surface area contributed by atoms with Crippen LogP contribution in [0.5, 0.6) is 0 Å². The zero-order valence-electron chi connectivity index (χ0n) is 17.4. The smallest absolute Gasteiger partial charge is 0.274 e. The molecule has 5 heterocycles. The number of aryl methyl sites for hydroxylation is 2. The predicted molar refractivity (Wildman–Crippen MR) is 110 cm³/mol. The van der Waals surface area contributed by atoms with Crippen LogP contribution in [0.3, 0.4) is 0 Å². The van der Waals surface area contributed by atoms with Crippen LogP contribution in [0.25, 0.3) is 5.78 Å². The number of aliphatic hydroxyl groups excluding tert-OH is 1. The summed E-state index contributed by atoms with van der Waals surface area (Å²) in [6.07, 6.45) is 5.22. The van der Waals surface area contributed by atoms with Gasteiger partial charge in [0.2, 0.25) is 5.78 Å². The first-order valence-electron chi connectivity index (χ1n) is 10.6. The number of β-amino-alcohol motifs (C(OH)–C–C–N with tert-alkyl or cyclic N) is 1. The fraction of sp³-hybridized carbons (Fsp3) is 0.476. The quantitative estimate of drug-likeness (QED) is 0.655. The molecule has 0 radical (unpaired) electrons. The van der Waals surface area contributed by atoms with Gasteiger partial charge in [0.15, 0.2) is 5.69 Å². The molecule has 2 amide bonds. The molecule has 1 unspecified atom stereocenters. The fourth-order valence-corrected chi connectivity index (χ4v) is 4.45. The van der Waals surface area contributed by atoms with Gasteiger partial charge in [-0.15, -0.1) is 0 Å². The highest BCUT2D eigenvalue weighted by molar-refractivity contribution is 5.95. The topological polar surface area (TPSA) is 109 Å². The highest BCUT2D eigenvalue weighted by Gasteiger charge is 2.29. The lowest BCUT2D eigenvalue weighted by molar-refractivity contribution is 0.0468. The number of likely N-dealkylation sites (tertiary alicyclic amines) is 1. The second-order valence-electron chi connectivity index (χ2n) is 8.21. The number of hydrogen-bond donors (Lipinski definition) is 1. The SMILES string of the molecule is Cc1nc2ncccn2c1C(=O)N1CCCn2nc(C(=O)N3CCCC(O)C3)cc2C1. The average molecular weight is 423 g/mol. The number of aromatic nitrogens is 5. The van der Waals surface area contributed by atoms with E-state index in [0.717, 1.165) is 25.0 Å². The van der Waals surface area contributed by atoms with Crippen molar-refractivity contribution in [3.63, 3.8) is 0 Å². The first-order valence-corrected chi connectivity index (χ1v) is 10.6. The minimum atomic E-state index is -0.477. The summed E-state index contributed by atoms with van der Waals surface area (Å²) in [4.78, 5) is 38.3. The van der Waals surface area contributed by atoms with E-state index in [4.69, 9.17) is 0 Å². The molecule has 1 saturated heterocycles. The lowest BCUT2D eigenvalue weighted by Crippen LogP contribution is -2.42. The number of hydrogen-bond acceptors (Lipinski definition) is 6. The van der Waals surface area contributed by atoms with E-state index in [2.05, 4.69) is 15.1 Å². The number of nitrogens with zero attached hydrogens (tertiary/aromatic N) is 7. The highest BCUT2D eigenvalue weighted by atomic mass is 16.3. The number of rotatable bonds is 2. The number of amides is 2. The van der Waals surface area contributed by atoms with Crippen molar-refractivity contribution in [1.82, 2.24) is 33.9 Å². The van der Waals surface area contributed by atoms with Gasteiger partial charge in [-0.3, -0.25) is 18.7 Å². The maximum atomic E-state index is 13.4. The molecule has 0 aromatic carbocycles.